The van der Waals surface area contributed by atoms with E-state index in [4.69, 9.17) is 0 Å². The lowest BCUT2D eigenvalue weighted by Gasteiger charge is -2.21. The Bertz CT molecular complexity index is 881. The highest BCUT2D eigenvalue weighted by atomic mass is 16.2. The third-order valence-electron chi connectivity index (χ3n) is 5.80. The van der Waals surface area contributed by atoms with E-state index in [0.29, 0.717) is 25.3 Å². The molecule has 3 nitrogen and oxygen atoms in total. The SMILES string of the molecule is O=C1CC2(CN1)CC(=O)c1cc(-c3ccccc3C3CC3)ccc12. The van der Waals surface area contributed by atoms with E-state index in [0.717, 1.165) is 16.7 Å². The second kappa shape index (κ2) is 4.79. The molecule has 0 bridgehead atoms. The van der Waals surface area contributed by atoms with E-state index in [-0.39, 0.29) is 17.1 Å². The number of Topliss-reactive ketones (excluding diaryl/α,β-unsaturated/α-hetero) is 1. The number of ketones is 1. The summed E-state index contributed by atoms with van der Waals surface area (Å²) in [4.78, 5) is 24.3. The van der Waals surface area contributed by atoms with Crippen molar-refractivity contribution < 1.29 is 9.59 Å². The molecule has 24 heavy (non-hydrogen) atoms. The van der Waals surface area contributed by atoms with Crippen molar-refractivity contribution in [1.29, 1.82) is 0 Å². The Hall–Kier alpha value is -2.42. The van der Waals surface area contributed by atoms with Crippen LogP contribution in [0.25, 0.3) is 11.1 Å². The van der Waals surface area contributed by atoms with Crippen LogP contribution in [-0.4, -0.2) is 18.2 Å². The van der Waals surface area contributed by atoms with Crippen LogP contribution in [0.4, 0.5) is 0 Å². The predicted molar refractivity (Wildman–Crippen MR) is 92.1 cm³/mol. The fourth-order valence-electron chi connectivity index (χ4n) is 4.43. The van der Waals surface area contributed by atoms with E-state index in [1.54, 1.807) is 0 Å². The van der Waals surface area contributed by atoms with E-state index in [1.807, 2.05) is 0 Å². The molecule has 1 N–H and O–H groups in total. The zero-order valence-corrected chi connectivity index (χ0v) is 13.5. The molecule has 1 heterocycles. The van der Waals surface area contributed by atoms with Crippen LogP contribution in [0.3, 0.4) is 0 Å². The smallest absolute Gasteiger partial charge is 0.221 e. The van der Waals surface area contributed by atoms with E-state index in [1.165, 1.54) is 24.0 Å². The number of benzene rings is 2. The molecule has 2 fully saturated rings. The van der Waals surface area contributed by atoms with Gasteiger partial charge >= 0.3 is 0 Å². The van der Waals surface area contributed by atoms with Crippen LogP contribution in [-0.2, 0) is 10.2 Å². The van der Waals surface area contributed by atoms with Gasteiger partial charge in [-0.1, -0.05) is 36.4 Å². The second-order valence-corrected chi connectivity index (χ2v) is 7.46. The van der Waals surface area contributed by atoms with Crippen molar-refractivity contribution in [3.63, 3.8) is 0 Å². The summed E-state index contributed by atoms with van der Waals surface area (Å²) in [5.74, 6) is 0.902. The van der Waals surface area contributed by atoms with Crippen LogP contribution in [0.15, 0.2) is 42.5 Å². The Labute approximate surface area is 141 Å². The number of amides is 1. The molecule has 1 saturated heterocycles. The molecule has 5 rings (SSSR count). The molecule has 1 amide bonds. The largest absolute Gasteiger partial charge is 0.355 e. The van der Waals surface area contributed by atoms with Gasteiger partial charge in [0.15, 0.2) is 5.78 Å². The highest BCUT2D eigenvalue weighted by molar-refractivity contribution is 6.04. The minimum absolute atomic E-state index is 0.0544. The summed E-state index contributed by atoms with van der Waals surface area (Å²) in [6, 6.07) is 14.8. The summed E-state index contributed by atoms with van der Waals surface area (Å²) in [7, 11) is 0. The van der Waals surface area contributed by atoms with Gasteiger partial charge in [0.25, 0.3) is 0 Å². The number of fused-ring (bicyclic) bond motifs is 2. The fraction of sp³-hybridized carbons (Fsp3) is 0.333. The standard InChI is InChI=1S/C21H19NO2/c23-19-10-21(11-20(24)22-12-21)18-8-7-14(9-17(18)19)16-4-2-1-3-15(16)13-5-6-13/h1-4,7-9,13H,5-6,10-12H2,(H,22,24). The number of nitrogens with one attached hydrogen (secondary N) is 1. The average molecular weight is 317 g/mol. The molecule has 3 aliphatic rings. The topological polar surface area (TPSA) is 46.2 Å². The van der Waals surface area contributed by atoms with Crippen LogP contribution in [0.1, 0.15) is 53.1 Å². The number of carbonyl (C=O) groups excluding carboxylic acids is 2. The number of hydrogen-bond donors (Lipinski definition) is 1. The highest BCUT2D eigenvalue weighted by Gasteiger charge is 2.48. The first-order valence-corrected chi connectivity index (χ1v) is 8.70. The number of hydrogen-bond acceptors (Lipinski definition) is 2. The minimum Gasteiger partial charge on any atom is -0.355 e. The Balaban J connectivity index is 1.62. The van der Waals surface area contributed by atoms with Crippen LogP contribution in [0, 0.1) is 0 Å². The van der Waals surface area contributed by atoms with Gasteiger partial charge in [-0.3, -0.25) is 9.59 Å². The summed E-state index contributed by atoms with van der Waals surface area (Å²) < 4.78 is 0. The van der Waals surface area contributed by atoms with Crippen molar-refractivity contribution >= 4 is 11.7 Å². The monoisotopic (exact) mass is 317 g/mol. The van der Waals surface area contributed by atoms with Gasteiger partial charge in [0.2, 0.25) is 5.91 Å². The fourth-order valence-corrected chi connectivity index (χ4v) is 4.43. The van der Waals surface area contributed by atoms with Gasteiger partial charge in [-0.15, -0.1) is 0 Å². The van der Waals surface area contributed by atoms with Crippen LogP contribution in [0.2, 0.25) is 0 Å². The maximum Gasteiger partial charge on any atom is 0.221 e. The zero-order valence-electron chi connectivity index (χ0n) is 13.5. The quantitative estimate of drug-likeness (QED) is 0.920. The van der Waals surface area contributed by atoms with Crippen molar-refractivity contribution in [2.24, 2.45) is 0 Å². The molecule has 1 spiro atoms. The Kier molecular flexibility index (Phi) is 2.79. The third-order valence-corrected chi connectivity index (χ3v) is 5.80. The molecular weight excluding hydrogens is 298 g/mol. The first-order chi connectivity index (χ1) is 11.7. The molecule has 1 saturated carbocycles. The molecular formula is C21H19NO2. The summed E-state index contributed by atoms with van der Waals surface area (Å²) in [6.07, 6.45) is 3.41. The van der Waals surface area contributed by atoms with Crippen LogP contribution in [0.5, 0.6) is 0 Å². The van der Waals surface area contributed by atoms with Crippen molar-refractivity contribution in [2.45, 2.75) is 37.0 Å². The molecule has 2 aromatic carbocycles. The minimum atomic E-state index is -0.307. The average Bonchev–Trinajstić information content (AvgIpc) is 3.33. The van der Waals surface area contributed by atoms with Gasteiger partial charge in [0.1, 0.15) is 0 Å². The lowest BCUT2D eigenvalue weighted by molar-refractivity contribution is -0.119. The Morgan fingerprint density at radius 3 is 2.54 bits per heavy atom. The molecule has 1 aliphatic heterocycles. The maximum atomic E-state index is 12.6. The van der Waals surface area contributed by atoms with Gasteiger partial charge in [-0.25, -0.2) is 0 Å². The molecule has 120 valence electrons. The van der Waals surface area contributed by atoms with E-state index in [9.17, 15) is 9.59 Å². The highest BCUT2D eigenvalue weighted by Crippen LogP contribution is 2.47. The van der Waals surface area contributed by atoms with E-state index in [2.05, 4.69) is 47.8 Å². The lowest BCUT2D eigenvalue weighted by atomic mass is 9.80. The Morgan fingerprint density at radius 2 is 1.79 bits per heavy atom. The molecule has 0 radical (unpaired) electrons. The van der Waals surface area contributed by atoms with Gasteiger partial charge in [0.05, 0.1) is 0 Å². The van der Waals surface area contributed by atoms with Gasteiger partial charge < -0.3 is 5.32 Å². The van der Waals surface area contributed by atoms with E-state index >= 15 is 0 Å². The maximum absolute atomic E-state index is 12.6. The molecule has 2 aromatic rings. The van der Waals surface area contributed by atoms with Gasteiger partial charge in [0, 0.05) is 30.4 Å². The normalized spacial score (nSPS) is 25.2. The van der Waals surface area contributed by atoms with Crippen molar-refractivity contribution in [1.82, 2.24) is 5.32 Å². The van der Waals surface area contributed by atoms with Crippen molar-refractivity contribution in [3.8, 4) is 11.1 Å². The van der Waals surface area contributed by atoms with Crippen LogP contribution < -0.4 is 5.32 Å². The molecule has 0 aromatic heterocycles. The molecule has 1 atom stereocenters. The zero-order chi connectivity index (χ0) is 16.3. The lowest BCUT2D eigenvalue weighted by Crippen LogP contribution is -2.26. The molecule has 1 unspecified atom stereocenters. The molecule has 2 aliphatic carbocycles. The predicted octanol–water partition coefficient (Wildman–Crippen LogP) is 3.58. The van der Waals surface area contributed by atoms with Gasteiger partial charge in [-0.2, -0.15) is 0 Å². The number of rotatable bonds is 2. The first-order valence-electron chi connectivity index (χ1n) is 8.70. The van der Waals surface area contributed by atoms with Crippen molar-refractivity contribution in [3.05, 3.63) is 59.2 Å². The first kappa shape index (κ1) is 14.0. The van der Waals surface area contributed by atoms with Crippen molar-refractivity contribution in [2.75, 3.05) is 6.54 Å². The van der Waals surface area contributed by atoms with E-state index < -0.39 is 0 Å². The summed E-state index contributed by atoms with van der Waals surface area (Å²) in [5, 5.41) is 2.90. The summed E-state index contributed by atoms with van der Waals surface area (Å²) in [6.45, 7) is 0.586. The third kappa shape index (κ3) is 1.97. The summed E-state index contributed by atoms with van der Waals surface area (Å²) in [5.41, 5.74) is 5.33. The molecule has 3 heteroatoms. The second-order valence-electron chi connectivity index (χ2n) is 7.46. The van der Waals surface area contributed by atoms with Gasteiger partial charge in [-0.05, 0) is 47.1 Å². The Morgan fingerprint density at radius 1 is 0.958 bits per heavy atom. The number of carbonyl (C=O) groups is 2. The summed E-state index contributed by atoms with van der Waals surface area (Å²) >= 11 is 0. The van der Waals surface area contributed by atoms with Crippen LogP contribution >= 0.6 is 0 Å².